The third kappa shape index (κ3) is 3.28. The van der Waals surface area contributed by atoms with Crippen molar-refractivity contribution in [2.75, 3.05) is 5.73 Å². The van der Waals surface area contributed by atoms with Crippen LogP contribution in [-0.4, -0.2) is 0 Å². The van der Waals surface area contributed by atoms with Crippen molar-refractivity contribution >= 4 is 33.0 Å². The zero-order valence-corrected chi connectivity index (χ0v) is 11.4. The summed E-state index contributed by atoms with van der Waals surface area (Å²) in [5.41, 5.74) is 6.50. The first kappa shape index (κ1) is 12.5. The second-order valence-electron chi connectivity index (χ2n) is 3.65. The van der Waals surface area contributed by atoms with Crippen LogP contribution in [0.4, 0.5) is 10.1 Å². The van der Waals surface area contributed by atoms with E-state index in [9.17, 15) is 4.39 Å². The van der Waals surface area contributed by atoms with E-state index >= 15 is 0 Å². The van der Waals surface area contributed by atoms with Crippen molar-refractivity contribution in [1.82, 2.24) is 5.32 Å². The fraction of sp³-hybridized carbons (Fsp3) is 0.167. The van der Waals surface area contributed by atoms with Gasteiger partial charge in [-0.2, -0.15) is 0 Å². The third-order valence-corrected chi connectivity index (χ3v) is 4.30. The first-order valence-electron chi connectivity index (χ1n) is 5.13. The lowest BCUT2D eigenvalue weighted by Crippen LogP contribution is -2.12. The lowest BCUT2D eigenvalue weighted by Gasteiger charge is -2.05. The first-order valence-corrected chi connectivity index (χ1v) is 6.80. The molecule has 0 radical (unpaired) electrons. The van der Waals surface area contributed by atoms with Crippen LogP contribution in [0.1, 0.15) is 10.4 Å². The van der Waals surface area contributed by atoms with Crippen LogP contribution in [0.15, 0.2) is 34.1 Å². The number of benzene rings is 1. The Bertz CT molecular complexity index is 513. The average molecular weight is 315 g/mol. The van der Waals surface area contributed by atoms with E-state index in [4.69, 9.17) is 5.73 Å². The Morgan fingerprint density at radius 1 is 1.29 bits per heavy atom. The molecule has 0 fully saturated rings. The van der Waals surface area contributed by atoms with Crippen molar-refractivity contribution in [3.63, 3.8) is 0 Å². The quantitative estimate of drug-likeness (QED) is 0.847. The van der Waals surface area contributed by atoms with Crippen LogP contribution in [-0.2, 0) is 13.1 Å². The molecule has 2 aromatic rings. The molecule has 0 bridgehead atoms. The highest BCUT2D eigenvalue weighted by molar-refractivity contribution is 9.10. The van der Waals surface area contributed by atoms with Crippen molar-refractivity contribution < 1.29 is 4.39 Å². The minimum Gasteiger partial charge on any atom is -0.396 e. The van der Waals surface area contributed by atoms with Crippen molar-refractivity contribution in [3.05, 3.63) is 50.4 Å². The lowest BCUT2D eigenvalue weighted by molar-refractivity contribution is 0.625. The van der Waals surface area contributed by atoms with E-state index in [-0.39, 0.29) is 11.5 Å². The predicted octanol–water partition coefficient (Wildman–Crippen LogP) is 3.52. The first-order chi connectivity index (χ1) is 8.16. The number of thiophene rings is 1. The minimum absolute atomic E-state index is 0.190. The van der Waals surface area contributed by atoms with Gasteiger partial charge in [-0.25, -0.2) is 4.39 Å². The molecule has 90 valence electrons. The van der Waals surface area contributed by atoms with E-state index in [0.717, 1.165) is 16.6 Å². The second-order valence-corrected chi connectivity index (χ2v) is 5.51. The van der Waals surface area contributed by atoms with E-state index in [1.54, 1.807) is 17.4 Å². The average Bonchev–Trinajstić information content (AvgIpc) is 2.70. The van der Waals surface area contributed by atoms with Gasteiger partial charge in [0.25, 0.3) is 0 Å². The third-order valence-electron chi connectivity index (χ3n) is 2.37. The predicted molar refractivity (Wildman–Crippen MR) is 73.4 cm³/mol. The SMILES string of the molecule is Nc1ccc(CNCc2sccc2Br)cc1F. The molecule has 0 saturated heterocycles. The number of anilines is 1. The number of hydrogen-bond donors (Lipinski definition) is 2. The molecular weight excluding hydrogens is 303 g/mol. The van der Waals surface area contributed by atoms with Crippen molar-refractivity contribution in [2.45, 2.75) is 13.1 Å². The molecule has 0 amide bonds. The summed E-state index contributed by atoms with van der Waals surface area (Å²) in [6.07, 6.45) is 0. The topological polar surface area (TPSA) is 38.0 Å². The van der Waals surface area contributed by atoms with Gasteiger partial charge < -0.3 is 11.1 Å². The standard InChI is InChI=1S/C12H12BrFN2S/c13-9-3-4-17-12(9)7-16-6-8-1-2-11(15)10(14)5-8/h1-5,16H,6-7,15H2. The summed E-state index contributed by atoms with van der Waals surface area (Å²) in [5.74, 6) is -0.360. The molecule has 2 nitrogen and oxygen atoms in total. The number of halogens is 2. The Morgan fingerprint density at radius 3 is 2.76 bits per heavy atom. The van der Waals surface area contributed by atoms with Crippen LogP contribution in [0, 0.1) is 5.82 Å². The highest BCUT2D eigenvalue weighted by atomic mass is 79.9. The molecule has 1 aromatic heterocycles. The fourth-order valence-electron chi connectivity index (χ4n) is 1.45. The number of nitrogen functional groups attached to an aromatic ring is 1. The minimum atomic E-state index is -0.360. The smallest absolute Gasteiger partial charge is 0.146 e. The zero-order chi connectivity index (χ0) is 12.3. The summed E-state index contributed by atoms with van der Waals surface area (Å²) >= 11 is 5.15. The Kier molecular flexibility index (Phi) is 4.15. The zero-order valence-electron chi connectivity index (χ0n) is 9.04. The molecule has 0 spiro atoms. The van der Waals surface area contributed by atoms with Crippen LogP contribution >= 0.6 is 27.3 Å². The molecule has 1 aromatic carbocycles. The summed E-state index contributed by atoms with van der Waals surface area (Å²) in [4.78, 5) is 1.24. The molecule has 5 heteroatoms. The van der Waals surface area contributed by atoms with Crippen molar-refractivity contribution in [1.29, 1.82) is 0 Å². The van der Waals surface area contributed by atoms with Gasteiger partial charge in [0.05, 0.1) is 5.69 Å². The molecule has 3 N–H and O–H groups in total. The van der Waals surface area contributed by atoms with Gasteiger partial charge in [0.1, 0.15) is 5.82 Å². The van der Waals surface area contributed by atoms with Gasteiger partial charge in [-0.3, -0.25) is 0 Å². The van der Waals surface area contributed by atoms with Crippen LogP contribution < -0.4 is 11.1 Å². The molecule has 2 rings (SSSR count). The number of rotatable bonds is 4. The number of hydrogen-bond acceptors (Lipinski definition) is 3. The van der Waals surface area contributed by atoms with Gasteiger partial charge in [0.2, 0.25) is 0 Å². The summed E-state index contributed by atoms with van der Waals surface area (Å²) in [7, 11) is 0. The van der Waals surface area contributed by atoms with Crippen LogP contribution in [0.25, 0.3) is 0 Å². The fourth-order valence-corrected chi connectivity index (χ4v) is 2.91. The summed E-state index contributed by atoms with van der Waals surface area (Å²) < 4.78 is 14.3. The molecule has 17 heavy (non-hydrogen) atoms. The molecule has 1 heterocycles. The maximum absolute atomic E-state index is 13.2. The normalized spacial score (nSPS) is 10.7. The number of nitrogens with two attached hydrogens (primary N) is 1. The Hall–Kier alpha value is -0.910. The van der Waals surface area contributed by atoms with E-state index in [1.165, 1.54) is 10.9 Å². The van der Waals surface area contributed by atoms with E-state index in [0.29, 0.717) is 6.54 Å². The largest absolute Gasteiger partial charge is 0.396 e. The maximum Gasteiger partial charge on any atom is 0.146 e. The van der Waals surface area contributed by atoms with Crippen LogP contribution in [0.3, 0.4) is 0 Å². The summed E-state index contributed by atoms with van der Waals surface area (Å²) in [6, 6.07) is 6.90. The summed E-state index contributed by atoms with van der Waals surface area (Å²) in [5, 5.41) is 5.30. The Morgan fingerprint density at radius 2 is 2.12 bits per heavy atom. The van der Waals surface area contributed by atoms with Gasteiger partial charge in [-0.1, -0.05) is 6.07 Å². The van der Waals surface area contributed by atoms with Crippen molar-refractivity contribution in [3.8, 4) is 0 Å². The molecule has 0 atom stereocenters. The van der Waals surface area contributed by atoms with E-state index in [1.807, 2.05) is 17.5 Å². The monoisotopic (exact) mass is 314 g/mol. The molecule has 0 aliphatic carbocycles. The molecular formula is C12H12BrFN2S. The van der Waals surface area contributed by atoms with Gasteiger partial charge in [-0.05, 0) is 45.1 Å². The van der Waals surface area contributed by atoms with Gasteiger partial charge >= 0.3 is 0 Å². The highest BCUT2D eigenvalue weighted by Gasteiger charge is 2.02. The summed E-state index contributed by atoms with van der Waals surface area (Å²) in [6.45, 7) is 1.39. The molecule has 0 saturated carbocycles. The van der Waals surface area contributed by atoms with Gasteiger partial charge in [0, 0.05) is 22.4 Å². The van der Waals surface area contributed by atoms with E-state index in [2.05, 4.69) is 21.2 Å². The number of nitrogens with one attached hydrogen (secondary N) is 1. The second kappa shape index (κ2) is 5.62. The van der Waals surface area contributed by atoms with Crippen molar-refractivity contribution in [2.24, 2.45) is 0 Å². The van der Waals surface area contributed by atoms with Crippen LogP contribution in [0.2, 0.25) is 0 Å². The highest BCUT2D eigenvalue weighted by Crippen LogP contribution is 2.22. The van der Waals surface area contributed by atoms with Gasteiger partial charge in [0.15, 0.2) is 0 Å². The van der Waals surface area contributed by atoms with Crippen LogP contribution in [0.5, 0.6) is 0 Å². The molecule has 0 aliphatic heterocycles. The van der Waals surface area contributed by atoms with E-state index < -0.39 is 0 Å². The lowest BCUT2D eigenvalue weighted by atomic mass is 10.2. The Balaban J connectivity index is 1.90. The molecule has 0 unspecified atom stereocenters. The Labute approximate surface area is 112 Å². The maximum atomic E-state index is 13.2. The molecule has 0 aliphatic rings. The van der Waals surface area contributed by atoms with Gasteiger partial charge in [-0.15, -0.1) is 11.3 Å².